The van der Waals surface area contributed by atoms with Crippen molar-refractivity contribution in [1.29, 1.82) is 0 Å². The Morgan fingerprint density at radius 2 is 1.47 bits per heavy atom. The van der Waals surface area contributed by atoms with Crippen LogP contribution >= 0.6 is 0 Å². The highest BCUT2D eigenvalue weighted by molar-refractivity contribution is 6.00. The van der Waals surface area contributed by atoms with E-state index in [1.807, 2.05) is 6.07 Å². The zero-order valence-corrected chi connectivity index (χ0v) is 29.6. The molecule has 3 nitrogen and oxygen atoms in total. The maximum Gasteiger partial charge on any atom is 0.0718 e. The van der Waals surface area contributed by atoms with Gasteiger partial charge in [0.15, 0.2) is 0 Å². The Morgan fingerprint density at radius 1 is 0.717 bits per heavy atom. The van der Waals surface area contributed by atoms with E-state index in [4.69, 9.17) is 0 Å². The predicted molar refractivity (Wildman–Crippen MR) is 220 cm³/mol. The van der Waals surface area contributed by atoms with Crippen LogP contribution in [0.1, 0.15) is 41.8 Å². The van der Waals surface area contributed by atoms with Crippen molar-refractivity contribution in [1.82, 2.24) is 4.57 Å². The van der Waals surface area contributed by atoms with Crippen molar-refractivity contribution < 1.29 is 0 Å². The summed E-state index contributed by atoms with van der Waals surface area (Å²) < 4.78 is 2.62. The molecule has 3 aliphatic carbocycles. The molecule has 0 saturated carbocycles. The van der Waals surface area contributed by atoms with Crippen LogP contribution in [0.3, 0.4) is 0 Å². The van der Waals surface area contributed by atoms with Gasteiger partial charge in [0.2, 0.25) is 0 Å². The average Bonchev–Trinajstić information content (AvgIpc) is 3.55. The zero-order chi connectivity index (χ0) is 35.1. The number of para-hydroxylation sites is 4. The number of aromatic nitrogens is 1. The molecule has 1 aromatic heterocycles. The second-order valence-corrected chi connectivity index (χ2v) is 14.9. The van der Waals surface area contributed by atoms with Crippen LogP contribution in [-0.4, -0.2) is 10.6 Å². The van der Waals surface area contributed by atoms with Crippen molar-refractivity contribution >= 4 is 45.3 Å². The molecule has 2 aliphatic heterocycles. The quantitative estimate of drug-likeness (QED) is 0.184. The van der Waals surface area contributed by atoms with Gasteiger partial charge in [-0.2, -0.15) is 0 Å². The van der Waals surface area contributed by atoms with E-state index >= 15 is 0 Å². The third kappa shape index (κ3) is 4.36. The van der Waals surface area contributed by atoms with Crippen molar-refractivity contribution in [3.8, 4) is 11.1 Å². The molecule has 0 radical (unpaired) electrons. The van der Waals surface area contributed by atoms with Gasteiger partial charge in [0.05, 0.1) is 34.7 Å². The van der Waals surface area contributed by atoms with E-state index in [1.165, 1.54) is 55.9 Å². The number of hydrogen-bond acceptors (Lipinski definition) is 2. The fourth-order valence-corrected chi connectivity index (χ4v) is 9.63. The Balaban J connectivity index is 1.12. The van der Waals surface area contributed by atoms with Crippen molar-refractivity contribution in [2.24, 2.45) is 0 Å². The van der Waals surface area contributed by atoms with Gasteiger partial charge in [0, 0.05) is 56.5 Å². The molecule has 53 heavy (non-hydrogen) atoms. The lowest BCUT2D eigenvalue weighted by atomic mass is 9.73. The minimum absolute atomic E-state index is 0.0780. The molecule has 0 amide bonds. The van der Waals surface area contributed by atoms with Crippen LogP contribution in [0.5, 0.6) is 0 Å². The summed E-state index contributed by atoms with van der Waals surface area (Å²) in [5.41, 5.74) is 15.9. The first-order valence-electron chi connectivity index (χ1n) is 18.7. The van der Waals surface area contributed by atoms with Gasteiger partial charge in [-0.25, -0.2) is 0 Å². The molecule has 0 saturated heterocycles. The summed E-state index contributed by atoms with van der Waals surface area (Å²) >= 11 is 0. The van der Waals surface area contributed by atoms with Crippen LogP contribution in [0.2, 0.25) is 0 Å². The summed E-state index contributed by atoms with van der Waals surface area (Å²) in [7, 11) is 0. The second-order valence-electron chi connectivity index (χ2n) is 14.9. The van der Waals surface area contributed by atoms with Gasteiger partial charge in [0.25, 0.3) is 0 Å². The Labute approximate surface area is 311 Å². The molecular formula is C50H37N3. The number of fused-ring (bicyclic) bond motifs is 9. The Kier molecular flexibility index (Phi) is 6.55. The predicted octanol–water partition coefficient (Wildman–Crippen LogP) is 12.0. The molecular weight excluding hydrogens is 643 g/mol. The highest BCUT2D eigenvalue weighted by atomic mass is 15.2. The number of allylic oxidation sites excluding steroid dienone is 9. The molecule has 0 spiro atoms. The van der Waals surface area contributed by atoms with Gasteiger partial charge in [-0.05, 0) is 73.0 Å². The van der Waals surface area contributed by atoms with Crippen LogP contribution in [0, 0.1) is 12.1 Å². The Bertz CT molecular complexity index is 2680. The van der Waals surface area contributed by atoms with Crippen LogP contribution in [-0.2, 0) is 11.8 Å². The molecule has 5 aliphatic rings. The largest absolute Gasteiger partial charge is 0.337 e. The van der Waals surface area contributed by atoms with Crippen LogP contribution in [0.15, 0.2) is 170 Å². The molecule has 0 fully saturated rings. The molecule has 3 atom stereocenters. The fraction of sp³-hybridized carbons (Fsp3) is 0.120. The monoisotopic (exact) mass is 679 g/mol. The molecule has 2 bridgehead atoms. The SMILES string of the molecule is CC12Cc3c(c4ccccc4n3C3C=CC=CC3)C=C1N(c1ccc#cc1-c1ccccc1N1c3ccccc3C3=CC1C=CC=C3)c1ccccc12. The highest BCUT2D eigenvalue weighted by Crippen LogP contribution is 2.58. The zero-order valence-electron chi connectivity index (χ0n) is 29.6. The minimum Gasteiger partial charge on any atom is -0.337 e. The summed E-state index contributed by atoms with van der Waals surface area (Å²) in [6.07, 6.45) is 24.7. The maximum absolute atomic E-state index is 3.65. The summed E-state index contributed by atoms with van der Waals surface area (Å²) in [5.74, 6) is 0. The summed E-state index contributed by atoms with van der Waals surface area (Å²) in [6.45, 7) is 2.45. The normalized spacial score (nSPS) is 21.7. The molecule has 5 aromatic carbocycles. The standard InChI is InChI=1S/C50H37N3/c1-50-33-48-41(40-24-10-14-28-45(40)51(48)35-18-3-2-4-19-35)32-49(50)53(47-30-16-11-25-42(47)50)46-29-15-9-23-39(46)38-22-8-13-27-44(38)52-36-20-6-5-17-34(31-36)37-21-7-12-26-43(37)52/h2-8,10-18,20-22,24-32,35-36H,19,33H2,1H3. The van der Waals surface area contributed by atoms with Gasteiger partial charge in [-0.15, -0.1) is 0 Å². The van der Waals surface area contributed by atoms with Crippen molar-refractivity contribution in [3.63, 3.8) is 0 Å². The van der Waals surface area contributed by atoms with Crippen molar-refractivity contribution in [2.75, 3.05) is 9.80 Å². The van der Waals surface area contributed by atoms with E-state index in [9.17, 15) is 0 Å². The van der Waals surface area contributed by atoms with Crippen molar-refractivity contribution in [3.05, 3.63) is 204 Å². The van der Waals surface area contributed by atoms with Gasteiger partial charge < -0.3 is 14.4 Å². The number of benzene rings is 4. The van der Waals surface area contributed by atoms with E-state index in [-0.39, 0.29) is 11.5 Å². The third-order valence-corrected chi connectivity index (χ3v) is 12.0. The highest BCUT2D eigenvalue weighted by Gasteiger charge is 2.48. The molecule has 3 unspecified atom stereocenters. The average molecular weight is 680 g/mol. The van der Waals surface area contributed by atoms with Gasteiger partial charge in [-0.1, -0.05) is 134 Å². The number of anilines is 4. The van der Waals surface area contributed by atoms with Crippen LogP contribution < -0.4 is 9.80 Å². The smallest absolute Gasteiger partial charge is 0.0718 e. The first-order valence-corrected chi connectivity index (χ1v) is 18.7. The van der Waals surface area contributed by atoms with E-state index < -0.39 is 0 Å². The molecule has 252 valence electrons. The van der Waals surface area contributed by atoms with Crippen LogP contribution in [0.25, 0.3) is 33.7 Å². The minimum atomic E-state index is -0.231. The molecule has 6 aromatic rings. The molecule has 3 heteroatoms. The molecule has 0 N–H and O–H groups in total. The summed E-state index contributed by atoms with van der Waals surface area (Å²) in [6, 6.07) is 47.3. The van der Waals surface area contributed by atoms with Crippen molar-refractivity contribution in [2.45, 2.75) is 37.3 Å². The molecule has 11 rings (SSSR count). The Hall–Kier alpha value is -6.50. The number of rotatable bonds is 4. The number of hydrogen-bond donors (Lipinski definition) is 0. The first-order chi connectivity index (χ1) is 26.2. The van der Waals surface area contributed by atoms with Gasteiger partial charge in [-0.3, -0.25) is 0 Å². The molecule has 3 heterocycles. The van der Waals surface area contributed by atoms with E-state index in [0.717, 1.165) is 35.3 Å². The van der Waals surface area contributed by atoms with E-state index in [2.05, 4.69) is 197 Å². The number of nitrogens with zero attached hydrogens (tertiary/aromatic N) is 3. The topological polar surface area (TPSA) is 11.4 Å². The summed E-state index contributed by atoms with van der Waals surface area (Å²) in [4.78, 5) is 5.02. The maximum atomic E-state index is 3.65. The lowest BCUT2D eigenvalue weighted by molar-refractivity contribution is 0.516. The van der Waals surface area contributed by atoms with Gasteiger partial charge in [0.1, 0.15) is 0 Å². The van der Waals surface area contributed by atoms with E-state index in [1.54, 1.807) is 0 Å². The Morgan fingerprint density at radius 3 is 2.34 bits per heavy atom. The fourth-order valence-electron chi connectivity index (χ4n) is 9.63. The summed E-state index contributed by atoms with van der Waals surface area (Å²) in [5, 5.41) is 1.32. The lowest BCUT2D eigenvalue weighted by Gasteiger charge is -2.37. The van der Waals surface area contributed by atoms with Crippen LogP contribution in [0.4, 0.5) is 22.7 Å². The lowest BCUT2D eigenvalue weighted by Crippen LogP contribution is -2.33. The second kappa shape index (κ2) is 11.5. The van der Waals surface area contributed by atoms with Gasteiger partial charge >= 0.3 is 0 Å². The third-order valence-electron chi connectivity index (χ3n) is 12.0. The first kappa shape index (κ1) is 30.2. The van der Waals surface area contributed by atoms with E-state index in [0.29, 0.717) is 6.04 Å².